The maximum atomic E-state index is 8.81. The molecule has 1 nitrogen and oxygen atoms in total. The van der Waals surface area contributed by atoms with Gasteiger partial charge in [-0.1, -0.05) is 151 Å². The SMILES string of the molecule is [2H]c1c([2H])c([2H])c(-c2ccccc2-c2c3ccccc3c(-c3ccc4oc5cccc(-c6c([2H])c([2H])c([2H])c([2H])c6[2H])c5c4c3)c3ccccc23)c([2H])c1[2H]. The van der Waals surface area contributed by atoms with Gasteiger partial charge in [-0.2, -0.15) is 0 Å². The number of hydrogen-bond donors (Lipinski definition) is 0. The van der Waals surface area contributed by atoms with Crippen molar-refractivity contribution in [2.24, 2.45) is 0 Å². The van der Waals surface area contributed by atoms with Gasteiger partial charge in [0.15, 0.2) is 0 Å². The van der Waals surface area contributed by atoms with Crippen LogP contribution >= 0.6 is 0 Å². The minimum Gasteiger partial charge on any atom is -0.456 e. The first-order valence-corrected chi connectivity index (χ1v) is 14.6. The van der Waals surface area contributed by atoms with Gasteiger partial charge in [-0.3, -0.25) is 0 Å². The molecule has 0 atom stereocenters. The molecule has 0 aliphatic heterocycles. The summed E-state index contributed by atoms with van der Waals surface area (Å²) in [6.45, 7) is 0. The maximum Gasteiger partial charge on any atom is 0.136 e. The highest BCUT2D eigenvalue weighted by Crippen LogP contribution is 2.47. The van der Waals surface area contributed by atoms with Gasteiger partial charge in [-0.25, -0.2) is 0 Å². The maximum absolute atomic E-state index is 8.81. The summed E-state index contributed by atoms with van der Waals surface area (Å²) < 4.78 is 91.2. The van der Waals surface area contributed by atoms with Crippen LogP contribution in [0.25, 0.3) is 88.0 Å². The lowest BCUT2D eigenvalue weighted by Gasteiger charge is -2.19. The monoisotopic (exact) mass is 582 g/mol. The first-order chi connectivity index (χ1) is 26.5. The molecule has 8 aromatic carbocycles. The fourth-order valence-corrected chi connectivity index (χ4v) is 6.61. The predicted octanol–water partition coefficient (Wildman–Crippen LogP) is 12.6. The number of hydrogen-bond acceptors (Lipinski definition) is 1. The number of fused-ring (bicyclic) bond motifs is 5. The van der Waals surface area contributed by atoms with E-state index in [1.54, 1.807) is 30.3 Å². The summed E-state index contributed by atoms with van der Waals surface area (Å²) in [6.07, 6.45) is 0. The van der Waals surface area contributed by atoms with E-state index < -0.39 is 36.3 Å². The van der Waals surface area contributed by atoms with Crippen LogP contribution in [-0.2, 0) is 0 Å². The van der Waals surface area contributed by atoms with Crippen molar-refractivity contribution in [2.45, 2.75) is 0 Å². The van der Waals surface area contributed by atoms with Crippen LogP contribution < -0.4 is 0 Å². The molecule has 9 aromatic rings. The lowest BCUT2D eigenvalue weighted by molar-refractivity contribution is 0.669. The van der Waals surface area contributed by atoms with Gasteiger partial charge in [0.2, 0.25) is 0 Å². The Morgan fingerprint density at radius 1 is 0.378 bits per heavy atom. The van der Waals surface area contributed by atoms with Gasteiger partial charge in [0.05, 0.1) is 13.7 Å². The first-order valence-electron chi connectivity index (χ1n) is 19.6. The molecule has 1 heterocycles. The Morgan fingerprint density at radius 3 is 1.56 bits per heavy atom. The van der Waals surface area contributed by atoms with Gasteiger partial charge in [0.25, 0.3) is 0 Å². The Labute approximate surface area is 275 Å². The Kier molecular flexibility index (Phi) is 4.01. The molecule has 1 aromatic heterocycles. The second-order valence-electron chi connectivity index (χ2n) is 10.9. The molecule has 1 heteroatoms. The molecule has 0 aliphatic rings. The topological polar surface area (TPSA) is 13.1 Å². The van der Waals surface area contributed by atoms with Gasteiger partial charge >= 0.3 is 0 Å². The first kappa shape index (κ1) is 17.4. The van der Waals surface area contributed by atoms with Crippen LogP contribution in [0.5, 0.6) is 0 Å². The molecule has 0 bridgehead atoms. The van der Waals surface area contributed by atoms with Crippen molar-refractivity contribution in [3.63, 3.8) is 0 Å². The van der Waals surface area contributed by atoms with E-state index in [2.05, 4.69) is 0 Å². The average Bonchev–Trinajstić information content (AvgIpc) is 3.59. The smallest absolute Gasteiger partial charge is 0.136 e. The molecule has 0 fully saturated rings. The lowest BCUT2D eigenvalue weighted by Crippen LogP contribution is -1.92. The van der Waals surface area contributed by atoms with E-state index in [0.29, 0.717) is 27.7 Å². The summed E-state index contributed by atoms with van der Waals surface area (Å²) in [7, 11) is 0. The third-order valence-corrected chi connectivity index (χ3v) is 8.45. The van der Waals surface area contributed by atoms with Crippen LogP contribution in [0.15, 0.2) is 174 Å². The summed E-state index contributed by atoms with van der Waals surface area (Å²) in [5, 5.41) is 4.99. The van der Waals surface area contributed by atoms with E-state index in [1.807, 2.05) is 78.9 Å². The van der Waals surface area contributed by atoms with E-state index in [0.717, 1.165) is 49.2 Å². The predicted molar refractivity (Wildman–Crippen MR) is 190 cm³/mol. The molecule has 0 aliphatic carbocycles. The molecule has 0 saturated heterocycles. The summed E-state index contributed by atoms with van der Waals surface area (Å²) in [5.74, 6) is 0. The van der Waals surface area contributed by atoms with Crippen molar-refractivity contribution in [3.05, 3.63) is 170 Å². The van der Waals surface area contributed by atoms with Gasteiger partial charge in [-0.15, -0.1) is 0 Å². The summed E-state index contributed by atoms with van der Waals surface area (Å²) >= 11 is 0. The Balaban J connectivity index is 1.35. The third kappa shape index (κ3) is 4.09. The Bertz CT molecular complexity index is 3000. The second-order valence-corrected chi connectivity index (χ2v) is 10.9. The summed E-state index contributed by atoms with van der Waals surface area (Å²) in [6, 6.07) is 31.0. The highest BCUT2D eigenvalue weighted by molar-refractivity contribution is 6.23. The molecule has 0 amide bonds. The van der Waals surface area contributed by atoms with Crippen molar-refractivity contribution >= 4 is 43.5 Å². The van der Waals surface area contributed by atoms with Gasteiger partial charge in [-0.05, 0) is 84.3 Å². The zero-order chi connectivity index (χ0) is 38.4. The van der Waals surface area contributed by atoms with Crippen molar-refractivity contribution < 1.29 is 18.1 Å². The Morgan fingerprint density at radius 2 is 0.911 bits per heavy atom. The summed E-state index contributed by atoms with van der Waals surface area (Å²) in [5.41, 5.74) is 5.70. The van der Waals surface area contributed by atoms with Crippen LogP contribution in [0.1, 0.15) is 13.7 Å². The molecular weight excluding hydrogens is 544 g/mol. The normalized spacial score (nSPS) is 14.7. The quantitative estimate of drug-likeness (QED) is 0.188. The van der Waals surface area contributed by atoms with Crippen LogP contribution in [0.3, 0.4) is 0 Å². The minimum absolute atomic E-state index is 0.0998. The van der Waals surface area contributed by atoms with E-state index >= 15 is 0 Å². The van der Waals surface area contributed by atoms with E-state index in [4.69, 9.17) is 18.1 Å². The highest BCUT2D eigenvalue weighted by atomic mass is 16.3. The summed E-state index contributed by atoms with van der Waals surface area (Å²) in [4.78, 5) is 0. The van der Waals surface area contributed by atoms with Gasteiger partial charge < -0.3 is 4.42 Å². The fraction of sp³-hybridized carbons (Fsp3) is 0. The molecule has 0 N–H and O–H groups in total. The molecule has 0 spiro atoms. The van der Waals surface area contributed by atoms with Crippen molar-refractivity contribution in [1.82, 2.24) is 0 Å². The molecular formula is C44H28O. The third-order valence-electron chi connectivity index (χ3n) is 8.45. The lowest BCUT2D eigenvalue weighted by atomic mass is 9.83. The zero-order valence-corrected chi connectivity index (χ0v) is 23.8. The second kappa shape index (κ2) is 10.4. The standard InChI is InChI=1S/C44H28O/c1-3-14-29(15-4-1)32-18-7-8-19-34(32)43-37-22-11-9-20-35(37)42(36-21-10-12-23-38(36)43)31-26-27-40-39(28-31)44-33(24-13-25-41(44)45-40)30-16-5-2-6-17-30/h1-28H/i1D,2D,3D,4D,5D,6D,14D,15D,16D,17D. The molecule has 0 unspecified atom stereocenters. The molecule has 45 heavy (non-hydrogen) atoms. The minimum atomic E-state index is -0.455. The van der Waals surface area contributed by atoms with Crippen LogP contribution in [0.4, 0.5) is 0 Å². The molecule has 0 radical (unpaired) electrons. The van der Waals surface area contributed by atoms with Crippen molar-refractivity contribution in [2.75, 3.05) is 0 Å². The van der Waals surface area contributed by atoms with Crippen LogP contribution in [-0.4, -0.2) is 0 Å². The fourth-order valence-electron chi connectivity index (χ4n) is 6.61. The molecule has 0 saturated carbocycles. The number of furan rings is 1. The van der Waals surface area contributed by atoms with Crippen molar-refractivity contribution in [3.8, 4) is 44.5 Å². The largest absolute Gasteiger partial charge is 0.456 e. The molecule has 210 valence electrons. The molecule has 9 rings (SSSR count). The number of rotatable bonds is 4. The van der Waals surface area contributed by atoms with Crippen LogP contribution in [0.2, 0.25) is 0 Å². The zero-order valence-electron chi connectivity index (χ0n) is 33.8. The van der Waals surface area contributed by atoms with E-state index in [1.165, 1.54) is 0 Å². The van der Waals surface area contributed by atoms with Gasteiger partial charge in [0.1, 0.15) is 11.2 Å². The Hall–Kier alpha value is -5.92. The number of benzene rings is 8. The van der Waals surface area contributed by atoms with Gasteiger partial charge in [0, 0.05) is 10.8 Å². The van der Waals surface area contributed by atoms with E-state index in [-0.39, 0.29) is 35.3 Å². The van der Waals surface area contributed by atoms with Crippen molar-refractivity contribution in [1.29, 1.82) is 0 Å². The van der Waals surface area contributed by atoms with E-state index in [9.17, 15) is 0 Å². The highest BCUT2D eigenvalue weighted by Gasteiger charge is 2.20. The van der Waals surface area contributed by atoms with Crippen LogP contribution in [0, 0.1) is 0 Å². The average molecular weight is 583 g/mol.